The van der Waals surface area contributed by atoms with Crippen molar-refractivity contribution in [3.05, 3.63) is 52.7 Å². The van der Waals surface area contributed by atoms with E-state index in [9.17, 15) is 9.59 Å². The van der Waals surface area contributed by atoms with Crippen LogP contribution in [0.4, 0.5) is 11.5 Å². The molecule has 30 heavy (non-hydrogen) atoms. The number of hydrogen-bond donors (Lipinski definition) is 2. The number of nitrogens with one attached hydrogen (secondary N) is 2. The van der Waals surface area contributed by atoms with Gasteiger partial charge in [0.1, 0.15) is 0 Å². The molecular weight excluding hydrogens is 402 g/mol. The Morgan fingerprint density at radius 2 is 2.00 bits per heavy atom. The molecule has 156 valence electrons. The summed E-state index contributed by atoms with van der Waals surface area (Å²) in [5, 5.41) is 6.89. The summed E-state index contributed by atoms with van der Waals surface area (Å²) in [5.74, 6) is 0.972. The van der Waals surface area contributed by atoms with Crippen molar-refractivity contribution >= 4 is 34.9 Å². The van der Waals surface area contributed by atoms with Crippen LogP contribution in [-0.4, -0.2) is 53.9 Å². The highest BCUT2D eigenvalue weighted by Crippen LogP contribution is 2.31. The number of benzene rings is 1. The molecule has 3 saturated heterocycles. The maximum absolute atomic E-state index is 13.0. The van der Waals surface area contributed by atoms with Crippen LogP contribution in [-0.2, 0) is 11.3 Å². The number of nitrogens with zero attached hydrogens (tertiary/aromatic N) is 3. The highest BCUT2D eigenvalue weighted by molar-refractivity contribution is 6.30. The van der Waals surface area contributed by atoms with Crippen LogP contribution in [0.25, 0.3) is 0 Å². The Morgan fingerprint density at radius 3 is 2.70 bits per heavy atom. The Hall–Kier alpha value is -2.64. The molecule has 5 heterocycles. The van der Waals surface area contributed by atoms with Crippen LogP contribution in [0, 0.1) is 5.92 Å². The van der Waals surface area contributed by atoms with Gasteiger partial charge in [-0.1, -0.05) is 23.7 Å². The molecule has 4 aliphatic rings. The van der Waals surface area contributed by atoms with Gasteiger partial charge in [0, 0.05) is 23.8 Å². The van der Waals surface area contributed by atoms with Gasteiger partial charge in [0.2, 0.25) is 5.91 Å². The summed E-state index contributed by atoms with van der Waals surface area (Å²) in [7, 11) is 0. The predicted molar refractivity (Wildman–Crippen MR) is 116 cm³/mol. The summed E-state index contributed by atoms with van der Waals surface area (Å²) in [4.78, 5) is 34.1. The number of halogens is 1. The third-order valence-corrected chi connectivity index (χ3v) is 6.61. The fourth-order valence-corrected chi connectivity index (χ4v) is 4.76. The van der Waals surface area contributed by atoms with Crippen LogP contribution in [0.3, 0.4) is 0 Å². The van der Waals surface area contributed by atoms with Crippen LogP contribution in [0.5, 0.6) is 0 Å². The first kappa shape index (κ1) is 19.3. The zero-order chi connectivity index (χ0) is 20.7. The van der Waals surface area contributed by atoms with Crippen molar-refractivity contribution in [3.8, 4) is 0 Å². The molecule has 0 aliphatic carbocycles. The van der Waals surface area contributed by atoms with Gasteiger partial charge < -0.3 is 20.4 Å². The van der Waals surface area contributed by atoms with E-state index in [0.717, 1.165) is 38.0 Å². The van der Waals surface area contributed by atoms with Crippen LogP contribution in [0.1, 0.15) is 28.8 Å². The molecule has 0 saturated carbocycles. The first-order valence-electron chi connectivity index (χ1n) is 10.4. The Morgan fingerprint density at radius 1 is 1.23 bits per heavy atom. The van der Waals surface area contributed by atoms with Crippen molar-refractivity contribution in [3.63, 3.8) is 0 Å². The average Bonchev–Trinajstić information content (AvgIpc) is 2.77. The van der Waals surface area contributed by atoms with Gasteiger partial charge >= 0.3 is 0 Å². The molecule has 6 rings (SSSR count). The highest BCUT2D eigenvalue weighted by Gasteiger charge is 2.35. The normalized spacial score (nSPS) is 24.9. The molecule has 1 unspecified atom stereocenters. The van der Waals surface area contributed by atoms with Gasteiger partial charge in [0.15, 0.2) is 5.82 Å². The molecule has 2 aromatic rings. The quantitative estimate of drug-likeness (QED) is 0.787. The molecule has 7 nitrogen and oxygen atoms in total. The number of carbonyl (C=O) groups excluding carboxylic acids is 2. The zero-order valence-corrected chi connectivity index (χ0v) is 17.4. The van der Waals surface area contributed by atoms with Crippen molar-refractivity contribution in [1.29, 1.82) is 0 Å². The standard InChI is InChI=1S/C22H24ClN5O2/c23-17-3-1-14(2-4-17)12-28-19-9-16(10-24-21(19)25-11-20(28)29)22(30)26-18-13-27-7-5-15(18)6-8-27/h1-4,9-10,15,18H,5-8,11-13H2,(H,24,25)(H,26,30). The number of piperidine rings is 3. The minimum absolute atomic E-state index is 0.0609. The second-order valence-corrected chi connectivity index (χ2v) is 8.71. The van der Waals surface area contributed by atoms with Crippen molar-refractivity contribution < 1.29 is 9.59 Å². The van der Waals surface area contributed by atoms with E-state index >= 15 is 0 Å². The topological polar surface area (TPSA) is 77.6 Å². The van der Waals surface area contributed by atoms with Gasteiger partial charge in [-0.05, 0) is 55.6 Å². The second-order valence-electron chi connectivity index (χ2n) is 8.27. The number of hydrogen-bond acceptors (Lipinski definition) is 5. The molecule has 2 amide bonds. The molecule has 3 fully saturated rings. The van der Waals surface area contributed by atoms with E-state index in [0.29, 0.717) is 34.6 Å². The van der Waals surface area contributed by atoms with Gasteiger partial charge in [0.05, 0.1) is 24.3 Å². The lowest BCUT2D eigenvalue weighted by atomic mass is 9.84. The van der Waals surface area contributed by atoms with Crippen LogP contribution in [0.15, 0.2) is 36.5 Å². The van der Waals surface area contributed by atoms with E-state index in [2.05, 4.69) is 20.5 Å². The monoisotopic (exact) mass is 425 g/mol. The van der Waals surface area contributed by atoms with Gasteiger partial charge in [-0.2, -0.15) is 0 Å². The number of pyridine rings is 1. The number of aromatic nitrogens is 1. The Balaban J connectivity index is 1.37. The van der Waals surface area contributed by atoms with Crippen LogP contribution >= 0.6 is 11.6 Å². The first-order chi connectivity index (χ1) is 14.6. The third-order valence-electron chi connectivity index (χ3n) is 6.36. The summed E-state index contributed by atoms with van der Waals surface area (Å²) in [5.41, 5.74) is 2.06. The lowest BCUT2D eigenvalue weighted by Crippen LogP contribution is -2.57. The van der Waals surface area contributed by atoms with Crippen molar-refractivity contribution in [2.24, 2.45) is 5.92 Å². The number of rotatable bonds is 4. The summed E-state index contributed by atoms with van der Waals surface area (Å²) >= 11 is 5.98. The fourth-order valence-electron chi connectivity index (χ4n) is 4.63. The molecular formula is C22H24ClN5O2. The Bertz CT molecular complexity index is 972. The SMILES string of the molecule is O=C(NC1CN2CCC1CC2)c1cnc2c(c1)N(Cc1ccc(Cl)cc1)C(=O)CN2. The van der Waals surface area contributed by atoms with Gasteiger partial charge in [-0.25, -0.2) is 4.98 Å². The zero-order valence-electron chi connectivity index (χ0n) is 16.6. The summed E-state index contributed by atoms with van der Waals surface area (Å²) in [6.45, 7) is 3.75. The maximum Gasteiger partial charge on any atom is 0.253 e. The summed E-state index contributed by atoms with van der Waals surface area (Å²) < 4.78 is 0. The highest BCUT2D eigenvalue weighted by atomic mass is 35.5. The van der Waals surface area contributed by atoms with Gasteiger partial charge in [-0.15, -0.1) is 0 Å². The van der Waals surface area contributed by atoms with E-state index in [-0.39, 0.29) is 24.4 Å². The van der Waals surface area contributed by atoms with Gasteiger partial charge in [0.25, 0.3) is 5.91 Å². The Kier molecular flexibility index (Phi) is 5.08. The molecule has 0 radical (unpaired) electrons. The second kappa shape index (κ2) is 7.89. The number of carbonyl (C=O) groups is 2. The molecule has 2 bridgehead atoms. The molecule has 4 aliphatic heterocycles. The summed E-state index contributed by atoms with van der Waals surface area (Å²) in [6, 6.07) is 9.35. The molecule has 1 aromatic heterocycles. The molecule has 1 aromatic carbocycles. The molecule has 1 atom stereocenters. The van der Waals surface area contributed by atoms with E-state index < -0.39 is 0 Å². The largest absolute Gasteiger partial charge is 0.359 e. The van der Waals surface area contributed by atoms with Crippen molar-refractivity contribution in [2.45, 2.75) is 25.4 Å². The lowest BCUT2D eigenvalue weighted by molar-refractivity contribution is -0.117. The van der Waals surface area contributed by atoms with Gasteiger partial charge in [-0.3, -0.25) is 9.59 Å². The average molecular weight is 426 g/mol. The van der Waals surface area contributed by atoms with E-state index in [1.807, 2.05) is 12.1 Å². The summed E-state index contributed by atoms with van der Waals surface area (Å²) in [6.07, 6.45) is 3.86. The van der Waals surface area contributed by atoms with E-state index in [1.165, 1.54) is 0 Å². The number of amides is 2. The van der Waals surface area contributed by atoms with Crippen LogP contribution in [0.2, 0.25) is 5.02 Å². The molecule has 8 heteroatoms. The molecule has 2 N–H and O–H groups in total. The van der Waals surface area contributed by atoms with Crippen molar-refractivity contribution in [1.82, 2.24) is 15.2 Å². The third kappa shape index (κ3) is 3.75. The Labute approximate surface area is 180 Å². The number of fused-ring (bicyclic) bond motifs is 4. The smallest absolute Gasteiger partial charge is 0.253 e. The minimum Gasteiger partial charge on any atom is -0.359 e. The fraction of sp³-hybridized carbons (Fsp3) is 0.409. The van der Waals surface area contributed by atoms with Crippen LogP contribution < -0.4 is 15.5 Å². The first-order valence-corrected chi connectivity index (χ1v) is 10.8. The minimum atomic E-state index is -0.131. The number of anilines is 2. The van der Waals surface area contributed by atoms with E-state index in [1.54, 1.807) is 29.3 Å². The lowest BCUT2D eigenvalue weighted by Gasteiger charge is -2.44. The predicted octanol–water partition coefficient (Wildman–Crippen LogP) is 2.52. The maximum atomic E-state index is 13.0. The van der Waals surface area contributed by atoms with Crippen molar-refractivity contribution in [2.75, 3.05) is 36.4 Å². The van der Waals surface area contributed by atoms with E-state index in [4.69, 9.17) is 11.6 Å². The molecule has 0 spiro atoms.